The largest absolute Gasteiger partial charge is 0.487 e. The van der Waals surface area contributed by atoms with Crippen LogP contribution in [0, 0.1) is 10.1 Å². The van der Waals surface area contributed by atoms with Crippen LogP contribution in [0.25, 0.3) is 11.0 Å². The van der Waals surface area contributed by atoms with E-state index in [4.69, 9.17) is 13.9 Å². The van der Waals surface area contributed by atoms with Gasteiger partial charge in [-0.05, 0) is 43.3 Å². The molecule has 0 saturated heterocycles. The molecule has 2 aromatic carbocycles. The topological polar surface area (TPSA) is 126 Å². The van der Waals surface area contributed by atoms with Crippen LogP contribution >= 0.6 is 0 Å². The van der Waals surface area contributed by atoms with E-state index in [1.165, 1.54) is 36.4 Å². The van der Waals surface area contributed by atoms with Gasteiger partial charge in [-0.15, -0.1) is 0 Å². The maximum Gasteiger partial charge on any atom is 0.347 e. The minimum atomic E-state index is -0.835. The quantitative estimate of drug-likeness (QED) is 0.176. The molecule has 9 nitrogen and oxygen atoms in total. The third-order valence-electron chi connectivity index (χ3n) is 4.39. The minimum Gasteiger partial charge on any atom is -0.487 e. The second kappa shape index (κ2) is 9.21. The lowest BCUT2D eigenvalue weighted by Gasteiger charge is -2.15. The first kappa shape index (κ1) is 21.7. The third-order valence-corrected chi connectivity index (χ3v) is 4.39. The van der Waals surface area contributed by atoms with Crippen molar-refractivity contribution in [2.24, 2.45) is 0 Å². The number of fused-ring (bicyclic) bond motifs is 1. The van der Waals surface area contributed by atoms with Crippen LogP contribution in [0.4, 0.5) is 5.69 Å². The normalized spacial score (nSPS) is 11.7. The van der Waals surface area contributed by atoms with Gasteiger partial charge in [-0.1, -0.05) is 6.92 Å². The molecule has 0 aliphatic carbocycles. The van der Waals surface area contributed by atoms with Crippen LogP contribution in [0.15, 0.2) is 57.7 Å². The minimum absolute atomic E-state index is 0.0949. The molecule has 0 N–H and O–H groups in total. The molecule has 0 saturated carbocycles. The van der Waals surface area contributed by atoms with Gasteiger partial charge >= 0.3 is 11.6 Å². The summed E-state index contributed by atoms with van der Waals surface area (Å²) >= 11 is 0. The van der Waals surface area contributed by atoms with E-state index < -0.39 is 16.3 Å². The molecule has 1 heterocycles. The van der Waals surface area contributed by atoms with Crippen molar-refractivity contribution in [1.82, 2.24) is 0 Å². The fourth-order valence-electron chi connectivity index (χ4n) is 2.80. The Kier molecular flexibility index (Phi) is 6.44. The second-order valence-electron chi connectivity index (χ2n) is 6.75. The highest BCUT2D eigenvalue weighted by molar-refractivity contribution is 6.09. The Morgan fingerprint density at radius 3 is 2.48 bits per heavy atom. The van der Waals surface area contributed by atoms with Crippen molar-refractivity contribution < 1.29 is 28.4 Å². The van der Waals surface area contributed by atoms with Gasteiger partial charge in [0.05, 0.1) is 4.92 Å². The van der Waals surface area contributed by atoms with Crippen LogP contribution in [0.2, 0.25) is 0 Å². The lowest BCUT2D eigenvalue weighted by atomic mass is 10.0. The van der Waals surface area contributed by atoms with Crippen molar-refractivity contribution >= 4 is 28.4 Å². The number of carbonyl (C=O) groups is 2. The monoisotopic (exact) mass is 425 g/mol. The third kappa shape index (κ3) is 5.13. The Bertz CT molecular complexity index is 1200. The summed E-state index contributed by atoms with van der Waals surface area (Å²) in [6.45, 7) is 3.53. The summed E-state index contributed by atoms with van der Waals surface area (Å²) in [6, 6.07) is 11.1. The van der Waals surface area contributed by atoms with Gasteiger partial charge in [-0.2, -0.15) is 0 Å². The lowest BCUT2D eigenvalue weighted by molar-refractivity contribution is -0.384. The summed E-state index contributed by atoms with van der Waals surface area (Å²) in [4.78, 5) is 46.6. The van der Waals surface area contributed by atoms with Crippen LogP contribution in [0.1, 0.15) is 36.2 Å². The maximum atomic E-state index is 12.8. The van der Waals surface area contributed by atoms with Gasteiger partial charge in [0.2, 0.25) is 0 Å². The van der Waals surface area contributed by atoms with Crippen LogP contribution in [0.5, 0.6) is 5.75 Å². The molecule has 0 aliphatic heterocycles. The highest BCUT2D eigenvalue weighted by Gasteiger charge is 2.18. The molecule has 160 valence electrons. The highest BCUT2D eigenvalue weighted by Crippen LogP contribution is 2.22. The average Bonchev–Trinajstić information content (AvgIpc) is 2.76. The van der Waals surface area contributed by atoms with Gasteiger partial charge in [-0.3, -0.25) is 19.7 Å². The summed E-state index contributed by atoms with van der Waals surface area (Å²) in [5.74, 6) is -0.452. The van der Waals surface area contributed by atoms with E-state index in [9.17, 15) is 24.5 Å². The number of nitrogens with zero attached hydrogens (tertiary/aromatic N) is 1. The standard InChI is InChI=1S/C22H19NO8/c1-3-20(24)29-12-13(2)30-17-7-4-14(5-8-17)21(25)18-11-15-10-16(23(27)28)6-9-19(15)31-22(18)26/h4-11,13H,3,12H2,1-2H3. The number of carbonyl (C=O) groups excluding carboxylic acids is 2. The Morgan fingerprint density at radius 2 is 1.84 bits per heavy atom. The van der Waals surface area contributed by atoms with Crippen molar-refractivity contribution in [3.05, 3.63) is 80.2 Å². The maximum absolute atomic E-state index is 12.8. The molecule has 0 aliphatic rings. The number of hydrogen-bond donors (Lipinski definition) is 0. The molecule has 0 amide bonds. The summed E-state index contributed by atoms with van der Waals surface area (Å²) in [6.07, 6.45) is -0.111. The second-order valence-corrected chi connectivity index (χ2v) is 6.75. The number of esters is 1. The van der Waals surface area contributed by atoms with E-state index in [1.807, 2.05) is 0 Å². The number of nitro groups is 1. The molecule has 0 spiro atoms. The summed E-state index contributed by atoms with van der Waals surface area (Å²) in [5, 5.41) is 11.2. The summed E-state index contributed by atoms with van der Waals surface area (Å²) in [5.41, 5.74) is -0.886. The van der Waals surface area contributed by atoms with Crippen molar-refractivity contribution in [2.75, 3.05) is 6.61 Å². The molecule has 1 aromatic heterocycles. The molecule has 3 aromatic rings. The fraction of sp³-hybridized carbons (Fsp3) is 0.227. The van der Waals surface area contributed by atoms with Crippen LogP contribution in [0.3, 0.4) is 0 Å². The Morgan fingerprint density at radius 1 is 1.13 bits per heavy atom. The van der Waals surface area contributed by atoms with Gasteiger partial charge in [0, 0.05) is 29.5 Å². The summed E-state index contributed by atoms with van der Waals surface area (Å²) < 4.78 is 15.8. The number of non-ortho nitro benzene ring substituents is 1. The van der Waals surface area contributed by atoms with E-state index in [1.54, 1.807) is 26.0 Å². The lowest BCUT2D eigenvalue weighted by Crippen LogP contribution is -2.21. The van der Waals surface area contributed by atoms with E-state index in [-0.39, 0.29) is 52.9 Å². The first-order valence-electron chi connectivity index (χ1n) is 9.48. The zero-order valence-corrected chi connectivity index (χ0v) is 16.8. The Labute approximate surface area is 176 Å². The summed E-state index contributed by atoms with van der Waals surface area (Å²) in [7, 11) is 0. The number of nitro benzene ring substituents is 1. The van der Waals surface area contributed by atoms with Gasteiger partial charge in [0.15, 0.2) is 5.78 Å². The fourth-order valence-corrected chi connectivity index (χ4v) is 2.80. The smallest absolute Gasteiger partial charge is 0.347 e. The SMILES string of the molecule is CCC(=O)OCC(C)Oc1ccc(C(=O)c2cc3cc([N+](=O)[O-])ccc3oc2=O)cc1. The number of benzene rings is 2. The van der Waals surface area contributed by atoms with Crippen molar-refractivity contribution in [3.63, 3.8) is 0 Å². The molecule has 0 radical (unpaired) electrons. The average molecular weight is 425 g/mol. The molecular formula is C22H19NO8. The molecule has 0 fully saturated rings. The molecule has 3 rings (SSSR count). The molecular weight excluding hydrogens is 406 g/mol. The number of hydrogen-bond acceptors (Lipinski definition) is 8. The van der Waals surface area contributed by atoms with E-state index in [0.717, 1.165) is 0 Å². The number of rotatable bonds is 8. The van der Waals surface area contributed by atoms with Gasteiger partial charge in [0.25, 0.3) is 5.69 Å². The van der Waals surface area contributed by atoms with Crippen molar-refractivity contribution in [3.8, 4) is 5.75 Å². The van der Waals surface area contributed by atoms with Crippen LogP contribution in [-0.4, -0.2) is 29.4 Å². The zero-order chi connectivity index (χ0) is 22.5. The van der Waals surface area contributed by atoms with E-state index >= 15 is 0 Å². The molecule has 1 unspecified atom stereocenters. The highest BCUT2D eigenvalue weighted by atomic mass is 16.6. The predicted molar refractivity (Wildman–Crippen MR) is 110 cm³/mol. The van der Waals surface area contributed by atoms with Crippen molar-refractivity contribution in [2.45, 2.75) is 26.4 Å². The number of ether oxygens (including phenoxy) is 2. The van der Waals surface area contributed by atoms with E-state index in [2.05, 4.69) is 0 Å². The van der Waals surface area contributed by atoms with Crippen LogP contribution < -0.4 is 10.4 Å². The molecule has 9 heteroatoms. The predicted octanol–water partition coefficient (Wildman–Crippen LogP) is 3.65. The molecule has 31 heavy (non-hydrogen) atoms. The van der Waals surface area contributed by atoms with E-state index in [0.29, 0.717) is 5.75 Å². The first-order chi connectivity index (χ1) is 14.8. The molecule has 1 atom stereocenters. The Balaban J connectivity index is 1.78. The van der Waals surface area contributed by atoms with Crippen molar-refractivity contribution in [1.29, 1.82) is 0 Å². The van der Waals surface area contributed by atoms with Gasteiger partial charge < -0.3 is 13.9 Å². The molecule has 0 bridgehead atoms. The number of ketones is 1. The van der Waals surface area contributed by atoms with Gasteiger partial charge in [-0.25, -0.2) is 4.79 Å². The zero-order valence-electron chi connectivity index (χ0n) is 16.8. The first-order valence-corrected chi connectivity index (χ1v) is 9.48. The van der Waals surface area contributed by atoms with Gasteiger partial charge in [0.1, 0.15) is 29.6 Å². The van der Waals surface area contributed by atoms with Crippen LogP contribution in [-0.2, 0) is 9.53 Å². The Hall–Kier alpha value is -4.01.